The van der Waals surface area contributed by atoms with Gasteiger partial charge in [-0.3, -0.25) is 0 Å². The first-order valence-corrected chi connectivity index (χ1v) is 9.93. The fourth-order valence-electron chi connectivity index (χ4n) is 3.94. The summed E-state index contributed by atoms with van der Waals surface area (Å²) in [5.74, 6) is 1.25. The molecule has 0 aliphatic carbocycles. The van der Waals surface area contributed by atoms with Crippen molar-refractivity contribution in [2.45, 2.75) is 32.6 Å². The fourth-order valence-corrected chi connectivity index (χ4v) is 3.94. The van der Waals surface area contributed by atoms with E-state index in [1.807, 2.05) is 48.9 Å². The Labute approximate surface area is 173 Å². The SMILES string of the molecule is CCOc1cc2c(cc1OCC)-n1cccc1C(c1ccccc1C(F)(F)F)NC2. The van der Waals surface area contributed by atoms with Crippen LogP contribution in [0, 0.1) is 0 Å². The standard InChI is InChI=1S/C23H23F3N2O2/c1-3-29-20-12-15-14-27-22(16-8-5-6-9-17(16)23(24,25)26)18-10-7-11-28(18)19(15)13-21(20)30-4-2/h5-13,22,27H,3-4,14H2,1-2H3. The zero-order chi connectivity index (χ0) is 21.3. The summed E-state index contributed by atoms with van der Waals surface area (Å²) in [7, 11) is 0. The van der Waals surface area contributed by atoms with E-state index in [-0.39, 0.29) is 5.56 Å². The molecule has 1 aliphatic heterocycles. The van der Waals surface area contributed by atoms with E-state index in [0.717, 1.165) is 23.0 Å². The van der Waals surface area contributed by atoms with E-state index in [1.54, 1.807) is 6.07 Å². The second kappa shape index (κ2) is 8.07. The van der Waals surface area contributed by atoms with Crippen LogP contribution in [0.1, 0.15) is 42.3 Å². The molecule has 0 radical (unpaired) electrons. The smallest absolute Gasteiger partial charge is 0.416 e. The molecule has 0 bridgehead atoms. The van der Waals surface area contributed by atoms with E-state index < -0.39 is 17.8 Å². The number of rotatable bonds is 5. The van der Waals surface area contributed by atoms with Crippen LogP contribution in [0.15, 0.2) is 54.7 Å². The van der Waals surface area contributed by atoms with Crippen LogP contribution in [0.5, 0.6) is 11.5 Å². The molecule has 0 spiro atoms. The Bertz CT molecular complexity index is 1040. The van der Waals surface area contributed by atoms with E-state index in [9.17, 15) is 13.2 Å². The van der Waals surface area contributed by atoms with E-state index in [1.165, 1.54) is 12.1 Å². The van der Waals surface area contributed by atoms with Gasteiger partial charge in [-0.05, 0) is 49.2 Å². The van der Waals surface area contributed by atoms with Crippen LogP contribution < -0.4 is 14.8 Å². The highest BCUT2D eigenvalue weighted by Gasteiger charge is 2.36. The quantitative estimate of drug-likeness (QED) is 0.598. The first-order valence-electron chi connectivity index (χ1n) is 9.93. The molecule has 1 aliphatic rings. The van der Waals surface area contributed by atoms with E-state index in [4.69, 9.17) is 9.47 Å². The zero-order valence-electron chi connectivity index (χ0n) is 16.8. The normalized spacial score (nSPS) is 15.8. The van der Waals surface area contributed by atoms with Gasteiger partial charge in [-0.25, -0.2) is 0 Å². The Morgan fingerprint density at radius 2 is 1.70 bits per heavy atom. The molecular weight excluding hydrogens is 393 g/mol. The third-order valence-corrected chi connectivity index (χ3v) is 5.15. The van der Waals surface area contributed by atoms with Gasteiger partial charge in [-0.1, -0.05) is 18.2 Å². The molecular formula is C23H23F3N2O2. The molecule has 158 valence electrons. The molecule has 4 nitrogen and oxygen atoms in total. The number of nitrogens with one attached hydrogen (secondary N) is 1. The van der Waals surface area contributed by atoms with Crippen LogP contribution in [0.4, 0.5) is 13.2 Å². The first kappa shape index (κ1) is 20.3. The number of aromatic nitrogens is 1. The third kappa shape index (κ3) is 3.65. The van der Waals surface area contributed by atoms with Gasteiger partial charge in [0.1, 0.15) is 0 Å². The van der Waals surface area contributed by atoms with E-state index >= 15 is 0 Å². The molecule has 1 atom stereocenters. The molecule has 3 aromatic rings. The van der Waals surface area contributed by atoms with Crippen molar-refractivity contribution < 1.29 is 22.6 Å². The summed E-state index contributed by atoms with van der Waals surface area (Å²) in [5, 5.41) is 3.31. The average molecular weight is 416 g/mol. The number of nitrogens with zero attached hydrogens (tertiary/aromatic N) is 1. The van der Waals surface area contributed by atoms with Crippen molar-refractivity contribution in [2.24, 2.45) is 0 Å². The maximum absolute atomic E-state index is 13.7. The van der Waals surface area contributed by atoms with Gasteiger partial charge in [-0.2, -0.15) is 13.2 Å². The van der Waals surface area contributed by atoms with Crippen molar-refractivity contribution in [3.63, 3.8) is 0 Å². The van der Waals surface area contributed by atoms with Crippen molar-refractivity contribution in [3.05, 3.63) is 77.1 Å². The predicted octanol–water partition coefficient (Wildman–Crippen LogP) is 5.49. The third-order valence-electron chi connectivity index (χ3n) is 5.15. The Morgan fingerprint density at radius 3 is 2.40 bits per heavy atom. The van der Waals surface area contributed by atoms with Crippen molar-refractivity contribution in [2.75, 3.05) is 13.2 Å². The van der Waals surface area contributed by atoms with Crippen LogP contribution in [-0.4, -0.2) is 17.8 Å². The molecule has 0 amide bonds. The van der Waals surface area contributed by atoms with E-state index in [0.29, 0.717) is 31.3 Å². The lowest BCUT2D eigenvalue weighted by atomic mass is 9.97. The topological polar surface area (TPSA) is 35.4 Å². The molecule has 30 heavy (non-hydrogen) atoms. The Hall–Kier alpha value is -2.93. The molecule has 1 N–H and O–H groups in total. The van der Waals surface area contributed by atoms with Gasteiger partial charge >= 0.3 is 6.18 Å². The number of hydrogen-bond acceptors (Lipinski definition) is 3. The lowest BCUT2D eigenvalue weighted by Gasteiger charge is -2.22. The lowest BCUT2D eigenvalue weighted by Crippen LogP contribution is -2.24. The monoisotopic (exact) mass is 416 g/mol. The highest BCUT2D eigenvalue weighted by Crippen LogP contribution is 2.40. The molecule has 1 aromatic heterocycles. The first-order chi connectivity index (χ1) is 14.4. The van der Waals surface area contributed by atoms with Gasteiger partial charge in [0.2, 0.25) is 0 Å². The van der Waals surface area contributed by atoms with Crippen LogP contribution in [0.3, 0.4) is 0 Å². The van der Waals surface area contributed by atoms with Crippen molar-refractivity contribution in [1.82, 2.24) is 9.88 Å². The van der Waals surface area contributed by atoms with Crippen LogP contribution in [-0.2, 0) is 12.7 Å². The lowest BCUT2D eigenvalue weighted by molar-refractivity contribution is -0.138. The molecule has 0 saturated carbocycles. The molecule has 0 saturated heterocycles. The summed E-state index contributed by atoms with van der Waals surface area (Å²) in [5.41, 5.74) is 2.09. The minimum Gasteiger partial charge on any atom is -0.490 e. The molecule has 2 aromatic carbocycles. The maximum Gasteiger partial charge on any atom is 0.416 e. The second-order valence-electron chi connectivity index (χ2n) is 7.00. The number of halogens is 3. The number of fused-ring (bicyclic) bond motifs is 3. The van der Waals surface area contributed by atoms with E-state index in [2.05, 4.69) is 5.32 Å². The Balaban J connectivity index is 1.85. The van der Waals surface area contributed by atoms with Crippen molar-refractivity contribution in [1.29, 1.82) is 0 Å². The van der Waals surface area contributed by atoms with Crippen LogP contribution >= 0.6 is 0 Å². The van der Waals surface area contributed by atoms with Crippen LogP contribution in [0.25, 0.3) is 5.69 Å². The summed E-state index contributed by atoms with van der Waals surface area (Å²) in [4.78, 5) is 0. The van der Waals surface area contributed by atoms with Crippen LogP contribution in [0.2, 0.25) is 0 Å². The maximum atomic E-state index is 13.7. The predicted molar refractivity (Wildman–Crippen MR) is 108 cm³/mol. The molecule has 0 fully saturated rings. The summed E-state index contributed by atoms with van der Waals surface area (Å²) >= 11 is 0. The number of benzene rings is 2. The summed E-state index contributed by atoms with van der Waals surface area (Å²) in [6, 6.07) is 12.6. The van der Waals surface area contributed by atoms with Gasteiger partial charge < -0.3 is 19.4 Å². The summed E-state index contributed by atoms with van der Waals surface area (Å²) in [6.07, 6.45) is -2.57. The number of ether oxygens (including phenoxy) is 2. The Morgan fingerprint density at radius 1 is 1.00 bits per heavy atom. The molecule has 2 heterocycles. The second-order valence-corrected chi connectivity index (χ2v) is 7.00. The highest BCUT2D eigenvalue weighted by molar-refractivity contribution is 5.57. The largest absolute Gasteiger partial charge is 0.490 e. The van der Waals surface area contributed by atoms with Gasteiger partial charge in [0.05, 0.1) is 30.5 Å². The highest BCUT2D eigenvalue weighted by atomic mass is 19.4. The molecule has 7 heteroatoms. The fraction of sp³-hybridized carbons (Fsp3) is 0.304. The number of alkyl halides is 3. The van der Waals surface area contributed by atoms with Gasteiger partial charge in [0, 0.05) is 24.5 Å². The van der Waals surface area contributed by atoms with Crippen molar-refractivity contribution >= 4 is 0 Å². The van der Waals surface area contributed by atoms with Crippen molar-refractivity contribution in [3.8, 4) is 17.2 Å². The molecule has 1 unspecified atom stereocenters. The Kier molecular flexibility index (Phi) is 5.47. The summed E-state index contributed by atoms with van der Waals surface area (Å²) < 4.78 is 54.4. The minimum absolute atomic E-state index is 0.202. The average Bonchev–Trinajstić information content (AvgIpc) is 3.14. The summed E-state index contributed by atoms with van der Waals surface area (Å²) in [6.45, 7) is 5.15. The minimum atomic E-state index is -4.43. The van der Waals surface area contributed by atoms with Gasteiger partial charge in [-0.15, -0.1) is 0 Å². The number of hydrogen-bond donors (Lipinski definition) is 1. The molecule has 4 rings (SSSR count). The van der Waals surface area contributed by atoms with Gasteiger partial charge in [0.25, 0.3) is 0 Å². The zero-order valence-corrected chi connectivity index (χ0v) is 16.8. The van der Waals surface area contributed by atoms with Gasteiger partial charge in [0.15, 0.2) is 11.5 Å².